The van der Waals surface area contributed by atoms with Crippen LogP contribution in [-0.2, 0) is 16.2 Å². The number of hydrogen-bond acceptors (Lipinski definition) is 3. The fourth-order valence-corrected chi connectivity index (χ4v) is 2.75. The lowest BCUT2D eigenvalue weighted by molar-refractivity contribution is -0.137. The van der Waals surface area contributed by atoms with E-state index in [0.29, 0.717) is 17.7 Å². The summed E-state index contributed by atoms with van der Waals surface area (Å²) in [5.41, 5.74) is -1.87. The highest BCUT2D eigenvalue weighted by atomic mass is 32.2. The predicted octanol–water partition coefficient (Wildman–Crippen LogP) is 3.82. The van der Waals surface area contributed by atoms with Crippen molar-refractivity contribution in [3.63, 3.8) is 0 Å². The van der Waals surface area contributed by atoms with Crippen molar-refractivity contribution in [3.8, 4) is 0 Å². The molecular formula is C16H12F3NO4S. The van der Waals surface area contributed by atoms with E-state index < -0.39 is 39.0 Å². The highest BCUT2D eigenvalue weighted by molar-refractivity contribution is 7.95. The highest BCUT2D eigenvalue weighted by Crippen LogP contribution is 2.32. The molecule has 0 saturated heterocycles. The van der Waals surface area contributed by atoms with E-state index in [1.807, 2.05) is 4.72 Å². The normalized spacial score (nSPS) is 12.3. The van der Waals surface area contributed by atoms with Gasteiger partial charge >= 0.3 is 12.1 Å². The third-order valence-electron chi connectivity index (χ3n) is 3.01. The van der Waals surface area contributed by atoms with Crippen molar-refractivity contribution in [2.24, 2.45) is 0 Å². The van der Waals surface area contributed by atoms with E-state index in [0.717, 1.165) is 11.5 Å². The van der Waals surface area contributed by atoms with Crippen molar-refractivity contribution >= 4 is 27.8 Å². The van der Waals surface area contributed by atoms with E-state index in [-0.39, 0.29) is 0 Å². The van der Waals surface area contributed by atoms with E-state index in [1.54, 1.807) is 30.3 Å². The summed E-state index contributed by atoms with van der Waals surface area (Å²) in [7, 11) is -4.13. The zero-order valence-corrected chi connectivity index (χ0v) is 13.3. The van der Waals surface area contributed by atoms with Gasteiger partial charge < -0.3 is 5.11 Å². The van der Waals surface area contributed by atoms with Gasteiger partial charge in [-0.15, -0.1) is 0 Å². The molecule has 0 atom stereocenters. The number of anilines is 1. The standard InChI is InChI=1S/C16H12F3NO4S/c17-16(18,19)13-8-12(15(21)22)9-14(10-13)20-25(23,24)7-6-11-4-2-1-3-5-11/h1-10,20H,(H,21,22)/b7-6+. The second-order valence-electron chi connectivity index (χ2n) is 4.96. The van der Waals surface area contributed by atoms with Crippen LogP contribution in [0.5, 0.6) is 0 Å². The van der Waals surface area contributed by atoms with E-state index in [1.165, 1.54) is 6.08 Å². The molecule has 0 aliphatic rings. The Labute approximate surface area is 141 Å². The monoisotopic (exact) mass is 371 g/mol. The maximum absolute atomic E-state index is 12.8. The van der Waals surface area contributed by atoms with Gasteiger partial charge in [-0.05, 0) is 29.8 Å². The van der Waals surface area contributed by atoms with Gasteiger partial charge in [-0.25, -0.2) is 13.2 Å². The number of nitrogens with one attached hydrogen (secondary N) is 1. The van der Waals surface area contributed by atoms with Crippen molar-refractivity contribution in [3.05, 3.63) is 70.6 Å². The maximum atomic E-state index is 12.8. The van der Waals surface area contributed by atoms with Crippen LogP contribution in [0, 0.1) is 0 Å². The van der Waals surface area contributed by atoms with E-state index >= 15 is 0 Å². The molecule has 5 nitrogen and oxygen atoms in total. The van der Waals surface area contributed by atoms with Crippen LogP contribution in [-0.4, -0.2) is 19.5 Å². The fourth-order valence-electron chi connectivity index (χ4n) is 1.90. The van der Waals surface area contributed by atoms with Crippen LogP contribution in [0.25, 0.3) is 6.08 Å². The molecule has 9 heteroatoms. The van der Waals surface area contributed by atoms with Crippen molar-refractivity contribution in [1.29, 1.82) is 0 Å². The lowest BCUT2D eigenvalue weighted by atomic mass is 10.1. The quantitative estimate of drug-likeness (QED) is 0.837. The average Bonchev–Trinajstić information content (AvgIpc) is 2.52. The molecule has 132 valence electrons. The fraction of sp³-hybridized carbons (Fsp3) is 0.0625. The Kier molecular flexibility index (Phi) is 5.17. The number of aromatic carboxylic acids is 1. The smallest absolute Gasteiger partial charge is 0.416 e. The summed E-state index contributed by atoms with van der Waals surface area (Å²) in [5.74, 6) is -1.61. The third kappa shape index (κ3) is 5.35. The number of alkyl halides is 3. The molecule has 0 saturated carbocycles. The van der Waals surface area contributed by atoms with Crippen molar-refractivity contribution in [2.75, 3.05) is 4.72 Å². The Morgan fingerprint density at radius 1 is 1.08 bits per heavy atom. The summed E-state index contributed by atoms with van der Waals surface area (Å²) in [4.78, 5) is 11.0. The first-order valence-electron chi connectivity index (χ1n) is 6.78. The van der Waals surface area contributed by atoms with E-state index in [4.69, 9.17) is 5.11 Å². The molecule has 25 heavy (non-hydrogen) atoms. The summed E-state index contributed by atoms with van der Waals surface area (Å²) in [5, 5.41) is 9.67. The number of carboxylic acids is 1. The van der Waals surface area contributed by atoms with Gasteiger partial charge in [0.05, 0.1) is 22.2 Å². The first-order valence-corrected chi connectivity index (χ1v) is 8.33. The zero-order valence-electron chi connectivity index (χ0n) is 12.5. The Balaban J connectivity index is 2.33. The highest BCUT2D eigenvalue weighted by Gasteiger charge is 2.32. The first-order chi connectivity index (χ1) is 11.6. The minimum Gasteiger partial charge on any atom is -0.478 e. The third-order valence-corrected chi connectivity index (χ3v) is 4.02. The lowest BCUT2D eigenvalue weighted by Gasteiger charge is -2.11. The molecule has 0 aliphatic carbocycles. The second-order valence-corrected chi connectivity index (χ2v) is 6.53. The van der Waals surface area contributed by atoms with Crippen LogP contribution >= 0.6 is 0 Å². The molecule has 2 rings (SSSR count). The van der Waals surface area contributed by atoms with Gasteiger partial charge in [0.25, 0.3) is 10.0 Å². The van der Waals surface area contributed by atoms with Gasteiger partial charge in [0.1, 0.15) is 0 Å². The van der Waals surface area contributed by atoms with Crippen LogP contribution in [0.1, 0.15) is 21.5 Å². The number of carboxylic acid groups (broad SMARTS) is 1. The van der Waals surface area contributed by atoms with Crippen molar-refractivity contribution in [1.82, 2.24) is 0 Å². The van der Waals surface area contributed by atoms with Gasteiger partial charge in [-0.1, -0.05) is 30.3 Å². The molecular weight excluding hydrogens is 359 g/mol. The van der Waals surface area contributed by atoms with Crippen molar-refractivity contribution in [2.45, 2.75) is 6.18 Å². The number of carbonyl (C=O) groups is 1. The molecule has 0 radical (unpaired) electrons. The molecule has 0 heterocycles. The number of benzene rings is 2. The molecule has 0 unspecified atom stereocenters. The van der Waals surface area contributed by atoms with E-state index in [2.05, 4.69) is 0 Å². The Morgan fingerprint density at radius 2 is 1.72 bits per heavy atom. The molecule has 0 aromatic heterocycles. The number of halogens is 3. The van der Waals surface area contributed by atoms with Crippen LogP contribution in [0.3, 0.4) is 0 Å². The Morgan fingerprint density at radius 3 is 2.28 bits per heavy atom. The van der Waals surface area contributed by atoms with Crippen LogP contribution in [0.2, 0.25) is 0 Å². The van der Waals surface area contributed by atoms with Gasteiger partial charge in [0.2, 0.25) is 0 Å². The van der Waals surface area contributed by atoms with Crippen molar-refractivity contribution < 1.29 is 31.5 Å². The lowest BCUT2D eigenvalue weighted by Crippen LogP contribution is -2.13. The average molecular weight is 371 g/mol. The number of rotatable bonds is 5. The zero-order chi connectivity index (χ0) is 18.7. The minimum atomic E-state index is -4.81. The molecule has 0 aliphatic heterocycles. The molecule has 0 bridgehead atoms. The summed E-state index contributed by atoms with van der Waals surface area (Å²) in [6.45, 7) is 0. The molecule has 0 fully saturated rings. The number of hydrogen-bond donors (Lipinski definition) is 2. The molecule has 0 amide bonds. The summed E-state index contributed by atoms with van der Waals surface area (Å²) in [6, 6.07) is 10.2. The summed E-state index contributed by atoms with van der Waals surface area (Å²) < 4.78 is 64.4. The van der Waals surface area contributed by atoms with Gasteiger partial charge in [0.15, 0.2) is 0 Å². The molecule has 2 aromatic rings. The van der Waals surface area contributed by atoms with Crippen LogP contribution < -0.4 is 4.72 Å². The predicted molar refractivity (Wildman–Crippen MR) is 86.4 cm³/mol. The van der Waals surface area contributed by atoms with Gasteiger partial charge in [-0.3, -0.25) is 4.72 Å². The largest absolute Gasteiger partial charge is 0.478 e. The Hall–Kier alpha value is -2.81. The van der Waals surface area contributed by atoms with Gasteiger partial charge in [0, 0.05) is 0 Å². The summed E-state index contributed by atoms with van der Waals surface area (Å²) in [6.07, 6.45) is -3.56. The minimum absolute atomic E-state index is 0.430. The first kappa shape index (κ1) is 18.5. The molecule has 2 aromatic carbocycles. The molecule has 2 N–H and O–H groups in total. The summed E-state index contributed by atoms with van der Waals surface area (Å²) >= 11 is 0. The number of sulfonamides is 1. The van der Waals surface area contributed by atoms with Crippen LogP contribution in [0.15, 0.2) is 53.9 Å². The second kappa shape index (κ2) is 6.98. The van der Waals surface area contributed by atoms with Crippen LogP contribution in [0.4, 0.5) is 18.9 Å². The van der Waals surface area contributed by atoms with E-state index in [9.17, 15) is 26.4 Å². The molecule has 0 spiro atoms. The topological polar surface area (TPSA) is 83.5 Å². The SMILES string of the molecule is O=C(O)c1cc(NS(=O)(=O)/C=C/c2ccccc2)cc(C(F)(F)F)c1. The van der Waals surface area contributed by atoms with Gasteiger partial charge in [-0.2, -0.15) is 13.2 Å². The maximum Gasteiger partial charge on any atom is 0.416 e. The Bertz CT molecular complexity index is 907.